The van der Waals surface area contributed by atoms with Crippen LogP contribution in [0.15, 0.2) is 24.5 Å². The Morgan fingerprint density at radius 3 is 2.77 bits per heavy atom. The molecule has 22 heavy (non-hydrogen) atoms. The SMILES string of the molecule is COCC(C)Nc1ncnc(Nc2cccc(Cl)c2C)c1N. The number of halogens is 1. The molecule has 1 atom stereocenters. The van der Waals surface area contributed by atoms with Crippen molar-refractivity contribution in [3.63, 3.8) is 0 Å². The highest BCUT2D eigenvalue weighted by atomic mass is 35.5. The minimum atomic E-state index is 0.0861. The molecule has 0 amide bonds. The average molecular weight is 322 g/mol. The van der Waals surface area contributed by atoms with Crippen molar-refractivity contribution in [2.45, 2.75) is 19.9 Å². The van der Waals surface area contributed by atoms with E-state index in [0.717, 1.165) is 11.3 Å². The Kier molecular flexibility index (Phi) is 5.41. The summed E-state index contributed by atoms with van der Waals surface area (Å²) >= 11 is 6.12. The summed E-state index contributed by atoms with van der Waals surface area (Å²) in [5.41, 5.74) is 8.38. The molecule has 6 nitrogen and oxygen atoms in total. The van der Waals surface area contributed by atoms with Gasteiger partial charge >= 0.3 is 0 Å². The van der Waals surface area contributed by atoms with Crippen molar-refractivity contribution in [2.75, 3.05) is 30.1 Å². The zero-order chi connectivity index (χ0) is 16.1. The summed E-state index contributed by atoms with van der Waals surface area (Å²) < 4.78 is 5.09. The van der Waals surface area contributed by atoms with Crippen molar-refractivity contribution in [2.24, 2.45) is 0 Å². The molecule has 1 unspecified atom stereocenters. The maximum Gasteiger partial charge on any atom is 0.159 e. The van der Waals surface area contributed by atoms with Gasteiger partial charge in [0.2, 0.25) is 0 Å². The summed E-state index contributed by atoms with van der Waals surface area (Å²) in [4.78, 5) is 8.37. The highest BCUT2D eigenvalue weighted by Crippen LogP contribution is 2.30. The van der Waals surface area contributed by atoms with Gasteiger partial charge in [-0.3, -0.25) is 0 Å². The maximum atomic E-state index is 6.14. The molecule has 0 bridgehead atoms. The van der Waals surface area contributed by atoms with Gasteiger partial charge in [0.05, 0.1) is 6.61 Å². The Bertz CT molecular complexity index is 650. The predicted octanol–water partition coefficient (Wildman–Crippen LogP) is 3.21. The molecular weight excluding hydrogens is 302 g/mol. The summed E-state index contributed by atoms with van der Waals surface area (Å²) in [7, 11) is 1.65. The molecule has 1 aromatic heterocycles. The van der Waals surface area contributed by atoms with Gasteiger partial charge in [-0.1, -0.05) is 17.7 Å². The van der Waals surface area contributed by atoms with Crippen molar-refractivity contribution in [1.29, 1.82) is 0 Å². The van der Waals surface area contributed by atoms with Crippen molar-refractivity contribution in [1.82, 2.24) is 9.97 Å². The summed E-state index contributed by atoms with van der Waals surface area (Å²) in [6, 6.07) is 5.71. The Morgan fingerprint density at radius 1 is 1.32 bits per heavy atom. The monoisotopic (exact) mass is 321 g/mol. The molecule has 0 saturated heterocycles. The summed E-state index contributed by atoms with van der Waals surface area (Å²) in [5, 5.41) is 7.08. The Balaban J connectivity index is 2.23. The largest absolute Gasteiger partial charge is 0.393 e. The van der Waals surface area contributed by atoms with Crippen LogP contribution in [0.3, 0.4) is 0 Å². The second-order valence-corrected chi connectivity index (χ2v) is 5.43. The molecular formula is C15H20ClN5O. The molecule has 0 fully saturated rings. The Morgan fingerprint density at radius 2 is 2.05 bits per heavy atom. The lowest BCUT2D eigenvalue weighted by atomic mass is 10.2. The number of rotatable bonds is 6. The van der Waals surface area contributed by atoms with Crippen LogP contribution in [-0.2, 0) is 4.74 Å². The quantitative estimate of drug-likeness (QED) is 0.757. The molecule has 0 aliphatic rings. The lowest BCUT2D eigenvalue weighted by Crippen LogP contribution is -2.22. The van der Waals surface area contributed by atoms with Crippen LogP contribution in [0, 0.1) is 6.92 Å². The minimum absolute atomic E-state index is 0.0861. The van der Waals surface area contributed by atoms with Crippen LogP contribution in [0.1, 0.15) is 12.5 Å². The van der Waals surface area contributed by atoms with Gasteiger partial charge in [-0.15, -0.1) is 0 Å². The number of aromatic nitrogens is 2. The molecule has 4 N–H and O–H groups in total. The number of nitrogens with zero attached hydrogens (tertiary/aromatic N) is 2. The molecule has 1 heterocycles. The van der Waals surface area contributed by atoms with E-state index >= 15 is 0 Å². The van der Waals surface area contributed by atoms with Crippen LogP contribution in [0.25, 0.3) is 0 Å². The number of anilines is 4. The fourth-order valence-electron chi connectivity index (χ4n) is 2.01. The summed E-state index contributed by atoms with van der Waals surface area (Å²) in [5.74, 6) is 1.11. The molecule has 7 heteroatoms. The molecule has 0 aliphatic carbocycles. The Hall–Kier alpha value is -2.05. The van der Waals surface area contributed by atoms with E-state index in [4.69, 9.17) is 22.1 Å². The van der Waals surface area contributed by atoms with Gasteiger partial charge in [0.15, 0.2) is 11.6 Å². The first-order valence-corrected chi connectivity index (χ1v) is 7.28. The van der Waals surface area contributed by atoms with E-state index < -0.39 is 0 Å². The number of nitrogens with one attached hydrogen (secondary N) is 2. The molecule has 2 rings (SSSR count). The van der Waals surface area contributed by atoms with Crippen molar-refractivity contribution in [3.05, 3.63) is 35.1 Å². The number of benzene rings is 1. The first kappa shape index (κ1) is 16.3. The zero-order valence-electron chi connectivity index (χ0n) is 12.9. The highest BCUT2D eigenvalue weighted by molar-refractivity contribution is 6.31. The van der Waals surface area contributed by atoms with Crippen LogP contribution in [-0.4, -0.2) is 29.7 Å². The molecule has 1 aromatic carbocycles. The lowest BCUT2D eigenvalue weighted by Gasteiger charge is -2.17. The standard InChI is InChI=1S/C15H20ClN5O/c1-9(7-22-3)20-14-13(17)15(19-8-18-14)21-12-6-4-5-11(16)10(12)2/h4-6,8-9H,7,17H2,1-3H3,(H2,18,19,20,21). The fraction of sp³-hybridized carbons (Fsp3) is 0.333. The Labute approximate surface area is 135 Å². The van der Waals surface area contributed by atoms with Crippen molar-refractivity contribution < 1.29 is 4.74 Å². The van der Waals surface area contributed by atoms with Crippen LogP contribution in [0.4, 0.5) is 23.0 Å². The molecule has 118 valence electrons. The van der Waals surface area contributed by atoms with Crippen LogP contribution in [0.2, 0.25) is 5.02 Å². The van der Waals surface area contributed by atoms with Crippen LogP contribution < -0.4 is 16.4 Å². The van der Waals surface area contributed by atoms with Gasteiger partial charge in [-0.2, -0.15) is 0 Å². The zero-order valence-corrected chi connectivity index (χ0v) is 13.6. The van der Waals surface area contributed by atoms with Gasteiger partial charge in [0.1, 0.15) is 12.0 Å². The van der Waals surface area contributed by atoms with Gasteiger partial charge in [0, 0.05) is 23.9 Å². The molecule has 0 spiro atoms. The first-order chi connectivity index (χ1) is 10.5. The second kappa shape index (κ2) is 7.29. The number of methoxy groups -OCH3 is 1. The number of hydrogen-bond donors (Lipinski definition) is 3. The van der Waals surface area contributed by atoms with E-state index in [-0.39, 0.29) is 6.04 Å². The molecule has 2 aromatic rings. The van der Waals surface area contributed by atoms with E-state index in [1.807, 2.05) is 32.0 Å². The van der Waals surface area contributed by atoms with Gasteiger partial charge in [-0.25, -0.2) is 9.97 Å². The third-order valence-corrected chi connectivity index (χ3v) is 3.61. The smallest absolute Gasteiger partial charge is 0.159 e. The maximum absolute atomic E-state index is 6.14. The van der Waals surface area contributed by atoms with E-state index in [1.165, 1.54) is 6.33 Å². The van der Waals surface area contributed by atoms with Crippen molar-refractivity contribution in [3.8, 4) is 0 Å². The molecule has 0 radical (unpaired) electrons. The van der Waals surface area contributed by atoms with Crippen LogP contribution in [0.5, 0.6) is 0 Å². The van der Waals surface area contributed by atoms with Crippen LogP contribution >= 0.6 is 11.6 Å². The minimum Gasteiger partial charge on any atom is -0.393 e. The van der Waals surface area contributed by atoms with E-state index in [2.05, 4.69) is 20.6 Å². The summed E-state index contributed by atoms with van der Waals surface area (Å²) in [6.45, 7) is 4.47. The van der Waals surface area contributed by atoms with Gasteiger partial charge in [0.25, 0.3) is 0 Å². The number of nitrogens with two attached hydrogens (primary N) is 1. The highest BCUT2D eigenvalue weighted by Gasteiger charge is 2.12. The summed E-state index contributed by atoms with van der Waals surface area (Å²) in [6.07, 6.45) is 1.46. The second-order valence-electron chi connectivity index (χ2n) is 5.02. The number of ether oxygens (including phenoxy) is 1. The lowest BCUT2D eigenvalue weighted by molar-refractivity contribution is 0.190. The van der Waals surface area contributed by atoms with Gasteiger partial charge < -0.3 is 21.1 Å². The molecule has 0 aliphatic heterocycles. The van der Waals surface area contributed by atoms with E-state index in [0.29, 0.717) is 29.0 Å². The predicted molar refractivity (Wildman–Crippen MR) is 90.9 cm³/mol. The normalized spacial score (nSPS) is 12.0. The third-order valence-electron chi connectivity index (χ3n) is 3.20. The number of nitrogen functional groups attached to an aromatic ring is 1. The first-order valence-electron chi connectivity index (χ1n) is 6.91. The van der Waals surface area contributed by atoms with Gasteiger partial charge in [-0.05, 0) is 31.5 Å². The third kappa shape index (κ3) is 3.78. The molecule has 0 saturated carbocycles. The fourth-order valence-corrected chi connectivity index (χ4v) is 2.18. The topological polar surface area (TPSA) is 85.1 Å². The van der Waals surface area contributed by atoms with Crippen molar-refractivity contribution >= 4 is 34.6 Å². The van der Waals surface area contributed by atoms with E-state index in [1.54, 1.807) is 7.11 Å². The van der Waals surface area contributed by atoms with E-state index in [9.17, 15) is 0 Å². The average Bonchev–Trinajstić information content (AvgIpc) is 2.48. The number of hydrogen-bond acceptors (Lipinski definition) is 6.